The zero-order valence-electron chi connectivity index (χ0n) is 11.5. The minimum Gasteiger partial charge on any atom is -0.384 e. The molecule has 1 aromatic rings. The first-order chi connectivity index (χ1) is 9.11. The van der Waals surface area contributed by atoms with Crippen LogP contribution < -0.4 is 5.73 Å². The Hall–Kier alpha value is -1.43. The zero-order valence-corrected chi connectivity index (χ0v) is 11.5. The molecule has 19 heavy (non-hydrogen) atoms. The summed E-state index contributed by atoms with van der Waals surface area (Å²) < 4.78 is 0. The van der Waals surface area contributed by atoms with E-state index in [2.05, 4.69) is 18.0 Å². The Morgan fingerprint density at radius 1 is 1.16 bits per heavy atom. The second-order valence-corrected chi connectivity index (χ2v) is 7.22. The van der Waals surface area contributed by atoms with E-state index in [4.69, 9.17) is 5.73 Å². The minimum absolute atomic E-state index is 0.308. The average molecular weight is 255 g/mol. The first kappa shape index (κ1) is 11.4. The number of nitrogens with two attached hydrogens (primary N) is 1. The zero-order chi connectivity index (χ0) is 13.2. The van der Waals surface area contributed by atoms with Crippen molar-refractivity contribution in [3.8, 4) is 6.07 Å². The van der Waals surface area contributed by atoms with Gasteiger partial charge in [-0.15, -0.1) is 0 Å². The van der Waals surface area contributed by atoms with Crippen LogP contribution in [0.3, 0.4) is 0 Å². The molecule has 3 N–H and O–H groups in total. The number of rotatable bonds is 1. The number of anilines is 1. The maximum Gasteiger partial charge on any atom is 0.119 e. The number of nitrogens with zero attached hydrogens (tertiary/aromatic N) is 1. The number of nitrogens with one attached hydrogen (secondary N) is 1. The molecular formula is C16H21N3. The normalized spacial score (nSPS) is 39.5. The third-order valence-electron chi connectivity index (χ3n) is 5.96. The summed E-state index contributed by atoms with van der Waals surface area (Å²) in [7, 11) is 0. The molecule has 0 amide bonds. The highest BCUT2D eigenvalue weighted by atomic mass is 14.9. The summed E-state index contributed by atoms with van der Waals surface area (Å²) >= 11 is 0. The van der Waals surface area contributed by atoms with Crippen molar-refractivity contribution < 1.29 is 0 Å². The van der Waals surface area contributed by atoms with E-state index >= 15 is 0 Å². The number of hydrogen-bond acceptors (Lipinski definition) is 2. The molecule has 1 aromatic heterocycles. The van der Waals surface area contributed by atoms with Gasteiger partial charge in [0.25, 0.3) is 0 Å². The van der Waals surface area contributed by atoms with Crippen LogP contribution in [0.25, 0.3) is 0 Å². The molecule has 1 heterocycles. The van der Waals surface area contributed by atoms with Crippen LogP contribution in [0.1, 0.15) is 55.3 Å². The van der Waals surface area contributed by atoms with E-state index in [0.29, 0.717) is 16.8 Å². The molecule has 0 spiro atoms. The van der Waals surface area contributed by atoms with E-state index in [1.54, 1.807) is 0 Å². The minimum atomic E-state index is 0.308. The standard InChI is InChI=1S/C16H21N3/c1-9-13(8-17)15(18)19-14(9)16-5-10-2-11(6-16)4-12(3-10)7-16/h10-12,19H,2-7,18H2,1H3. The van der Waals surface area contributed by atoms with Crippen molar-refractivity contribution in [2.45, 2.75) is 50.9 Å². The third kappa shape index (κ3) is 1.43. The summed E-state index contributed by atoms with van der Waals surface area (Å²) in [5, 5.41) is 9.24. The predicted octanol–water partition coefficient (Wildman–Crippen LogP) is 3.24. The van der Waals surface area contributed by atoms with E-state index in [9.17, 15) is 5.26 Å². The average Bonchev–Trinajstić information content (AvgIpc) is 2.63. The van der Waals surface area contributed by atoms with Crippen molar-refractivity contribution in [3.63, 3.8) is 0 Å². The molecule has 4 fully saturated rings. The van der Waals surface area contributed by atoms with Gasteiger partial charge in [-0.3, -0.25) is 0 Å². The molecule has 4 aliphatic carbocycles. The number of nitrogen functional groups attached to an aromatic ring is 1. The van der Waals surface area contributed by atoms with Crippen molar-refractivity contribution in [1.29, 1.82) is 5.26 Å². The molecule has 0 radical (unpaired) electrons. The fraction of sp³-hybridized carbons (Fsp3) is 0.688. The van der Waals surface area contributed by atoms with E-state index < -0.39 is 0 Å². The second-order valence-electron chi connectivity index (χ2n) is 7.22. The van der Waals surface area contributed by atoms with Crippen molar-refractivity contribution in [2.75, 3.05) is 5.73 Å². The lowest BCUT2D eigenvalue weighted by Gasteiger charge is -2.56. The topological polar surface area (TPSA) is 65.6 Å². The van der Waals surface area contributed by atoms with Gasteiger partial charge in [-0.1, -0.05) is 0 Å². The molecule has 5 rings (SSSR count). The quantitative estimate of drug-likeness (QED) is 0.809. The Labute approximate surface area is 114 Å². The summed E-state index contributed by atoms with van der Waals surface area (Å²) in [6.07, 6.45) is 8.26. The lowest BCUT2D eigenvalue weighted by molar-refractivity contribution is -0.00721. The molecular weight excluding hydrogens is 234 g/mol. The number of hydrogen-bond donors (Lipinski definition) is 2. The fourth-order valence-electron chi connectivity index (χ4n) is 5.71. The SMILES string of the molecule is Cc1c(C23CC4CC(CC(C4)C2)C3)[nH]c(N)c1C#N. The summed E-state index contributed by atoms with van der Waals surface area (Å²) in [4.78, 5) is 3.38. The summed E-state index contributed by atoms with van der Waals surface area (Å²) in [6.45, 7) is 2.07. The van der Waals surface area contributed by atoms with Crippen LogP contribution in [0.5, 0.6) is 0 Å². The number of H-pyrrole nitrogens is 1. The first-order valence-electron chi connectivity index (χ1n) is 7.50. The molecule has 4 aliphatic rings. The highest BCUT2D eigenvalue weighted by Crippen LogP contribution is 2.61. The second kappa shape index (κ2) is 3.56. The fourth-order valence-corrected chi connectivity index (χ4v) is 5.71. The van der Waals surface area contributed by atoms with Crippen LogP contribution >= 0.6 is 0 Å². The number of nitriles is 1. The van der Waals surface area contributed by atoms with E-state index in [-0.39, 0.29) is 0 Å². The van der Waals surface area contributed by atoms with Crippen LogP contribution in [0, 0.1) is 36.0 Å². The van der Waals surface area contributed by atoms with Crippen LogP contribution in [0.15, 0.2) is 0 Å². The number of aromatic nitrogens is 1. The Morgan fingerprint density at radius 2 is 1.68 bits per heavy atom. The molecule has 3 nitrogen and oxygen atoms in total. The Balaban J connectivity index is 1.82. The summed E-state index contributed by atoms with van der Waals surface area (Å²) in [5.41, 5.74) is 9.38. The van der Waals surface area contributed by atoms with Gasteiger partial charge in [0.15, 0.2) is 0 Å². The largest absolute Gasteiger partial charge is 0.384 e. The maximum absolute atomic E-state index is 9.24. The third-order valence-corrected chi connectivity index (χ3v) is 5.96. The van der Waals surface area contributed by atoms with Crippen molar-refractivity contribution >= 4 is 5.82 Å². The van der Waals surface area contributed by atoms with Gasteiger partial charge in [-0.25, -0.2) is 0 Å². The van der Waals surface area contributed by atoms with Gasteiger partial charge in [0.2, 0.25) is 0 Å². The molecule has 0 aliphatic heterocycles. The Kier molecular flexibility index (Phi) is 2.14. The molecule has 0 saturated heterocycles. The van der Waals surface area contributed by atoms with E-state index in [1.165, 1.54) is 44.2 Å². The summed E-state index contributed by atoms with van der Waals surface area (Å²) in [5.74, 6) is 3.33. The smallest absolute Gasteiger partial charge is 0.119 e. The van der Waals surface area contributed by atoms with E-state index in [1.807, 2.05) is 0 Å². The Bertz CT molecular complexity index is 540. The van der Waals surface area contributed by atoms with Crippen molar-refractivity contribution in [2.24, 2.45) is 17.8 Å². The van der Waals surface area contributed by atoms with Gasteiger partial charge in [-0.05, 0) is 68.8 Å². The first-order valence-corrected chi connectivity index (χ1v) is 7.50. The molecule has 4 saturated carbocycles. The number of aromatic amines is 1. The van der Waals surface area contributed by atoms with Gasteiger partial charge in [-0.2, -0.15) is 5.26 Å². The van der Waals surface area contributed by atoms with Gasteiger partial charge >= 0.3 is 0 Å². The van der Waals surface area contributed by atoms with Crippen LogP contribution in [0.4, 0.5) is 5.82 Å². The van der Waals surface area contributed by atoms with Gasteiger partial charge in [0.05, 0.1) is 5.56 Å². The summed E-state index contributed by atoms with van der Waals surface area (Å²) in [6, 6.07) is 2.26. The van der Waals surface area contributed by atoms with Crippen LogP contribution in [-0.4, -0.2) is 4.98 Å². The highest BCUT2D eigenvalue weighted by molar-refractivity contribution is 5.58. The molecule has 0 aromatic carbocycles. The van der Waals surface area contributed by atoms with Gasteiger partial charge in [0, 0.05) is 11.1 Å². The van der Waals surface area contributed by atoms with Crippen LogP contribution in [0.2, 0.25) is 0 Å². The molecule has 100 valence electrons. The Morgan fingerprint density at radius 3 is 2.11 bits per heavy atom. The molecule has 0 unspecified atom stereocenters. The highest BCUT2D eigenvalue weighted by Gasteiger charge is 2.52. The van der Waals surface area contributed by atoms with Gasteiger partial charge < -0.3 is 10.7 Å². The molecule has 4 bridgehead atoms. The van der Waals surface area contributed by atoms with Crippen molar-refractivity contribution in [3.05, 3.63) is 16.8 Å². The monoisotopic (exact) mass is 255 g/mol. The van der Waals surface area contributed by atoms with E-state index in [0.717, 1.165) is 23.3 Å². The lowest BCUT2D eigenvalue weighted by atomic mass is 9.48. The van der Waals surface area contributed by atoms with Crippen LogP contribution in [-0.2, 0) is 5.41 Å². The molecule has 0 atom stereocenters. The lowest BCUT2D eigenvalue weighted by Crippen LogP contribution is -2.49. The predicted molar refractivity (Wildman–Crippen MR) is 74.5 cm³/mol. The van der Waals surface area contributed by atoms with Gasteiger partial charge in [0.1, 0.15) is 11.9 Å². The molecule has 3 heteroatoms. The van der Waals surface area contributed by atoms with Crippen molar-refractivity contribution in [1.82, 2.24) is 4.98 Å². The maximum atomic E-state index is 9.24.